The summed E-state index contributed by atoms with van der Waals surface area (Å²) in [6.45, 7) is 0. The van der Waals surface area contributed by atoms with Gasteiger partial charge in [-0.15, -0.1) is 10.2 Å². The van der Waals surface area contributed by atoms with Crippen LogP contribution in [0.25, 0.3) is 23.0 Å². The van der Waals surface area contributed by atoms with Crippen LogP contribution in [0.5, 0.6) is 5.75 Å². The first-order valence-electron chi connectivity index (χ1n) is 7.44. The maximum atomic E-state index is 9.54. The van der Waals surface area contributed by atoms with Gasteiger partial charge in [0.15, 0.2) is 11.6 Å². The Morgan fingerprint density at radius 2 is 1.92 bits per heavy atom. The summed E-state index contributed by atoms with van der Waals surface area (Å²) in [4.78, 5) is 0. The second-order valence-corrected chi connectivity index (χ2v) is 5.22. The van der Waals surface area contributed by atoms with Crippen molar-refractivity contribution < 1.29 is 4.74 Å². The number of methoxy groups -OCH3 is 1. The van der Waals surface area contributed by atoms with Crippen LogP contribution in [0.3, 0.4) is 0 Å². The first kappa shape index (κ1) is 15.5. The third-order valence-electron chi connectivity index (χ3n) is 3.67. The Morgan fingerprint density at radius 3 is 2.62 bits per heavy atom. The molecule has 0 spiro atoms. The molecule has 1 aromatic heterocycles. The molecule has 0 saturated heterocycles. The predicted octanol–water partition coefficient (Wildman–Crippen LogP) is 3.55. The maximum absolute atomic E-state index is 9.54. The zero-order chi connectivity index (χ0) is 16.9. The number of nitrogens with zero attached hydrogens (tertiary/aromatic N) is 4. The quantitative estimate of drug-likeness (QED) is 0.690. The number of ether oxygens (including phenoxy) is 1. The van der Waals surface area contributed by atoms with Gasteiger partial charge in [-0.1, -0.05) is 42.5 Å². The Hall–Kier alpha value is -3.39. The van der Waals surface area contributed by atoms with Gasteiger partial charge in [0.1, 0.15) is 11.8 Å². The van der Waals surface area contributed by atoms with Crippen LogP contribution >= 0.6 is 0 Å². The minimum atomic E-state index is 0.445. The van der Waals surface area contributed by atoms with Gasteiger partial charge >= 0.3 is 0 Å². The van der Waals surface area contributed by atoms with Gasteiger partial charge in [0, 0.05) is 12.6 Å². The zero-order valence-electron chi connectivity index (χ0n) is 13.5. The van der Waals surface area contributed by atoms with Crippen LogP contribution in [0.15, 0.2) is 54.6 Å². The SMILES string of the molecule is COc1cccc(/C=C(/C#N)c2nnc(-c3ccccc3)n2C)c1. The lowest BCUT2D eigenvalue weighted by Crippen LogP contribution is -1.98. The molecule has 0 bridgehead atoms. The summed E-state index contributed by atoms with van der Waals surface area (Å²) >= 11 is 0. The number of rotatable bonds is 4. The second kappa shape index (κ2) is 6.80. The smallest absolute Gasteiger partial charge is 0.174 e. The van der Waals surface area contributed by atoms with Gasteiger partial charge in [0.2, 0.25) is 0 Å². The summed E-state index contributed by atoms with van der Waals surface area (Å²) in [5.74, 6) is 1.99. The molecule has 0 unspecified atom stereocenters. The summed E-state index contributed by atoms with van der Waals surface area (Å²) in [5.41, 5.74) is 2.27. The molecule has 3 aromatic rings. The highest BCUT2D eigenvalue weighted by Gasteiger charge is 2.14. The van der Waals surface area contributed by atoms with Gasteiger partial charge in [-0.05, 0) is 23.8 Å². The van der Waals surface area contributed by atoms with Gasteiger partial charge < -0.3 is 9.30 Å². The molecule has 24 heavy (non-hydrogen) atoms. The fraction of sp³-hybridized carbons (Fsp3) is 0.105. The molecule has 0 aliphatic heterocycles. The summed E-state index contributed by atoms with van der Waals surface area (Å²) < 4.78 is 7.04. The predicted molar refractivity (Wildman–Crippen MR) is 92.9 cm³/mol. The van der Waals surface area contributed by atoms with E-state index in [0.717, 1.165) is 22.7 Å². The molecule has 5 nitrogen and oxygen atoms in total. The molecular formula is C19H16N4O. The summed E-state index contributed by atoms with van der Waals surface area (Å²) in [5, 5.41) is 18.0. The van der Waals surface area contributed by atoms with Crippen LogP contribution < -0.4 is 4.74 Å². The van der Waals surface area contributed by atoms with Crippen molar-refractivity contribution in [2.24, 2.45) is 7.05 Å². The van der Waals surface area contributed by atoms with E-state index < -0.39 is 0 Å². The van der Waals surface area contributed by atoms with Crippen molar-refractivity contribution in [2.75, 3.05) is 7.11 Å². The highest BCUT2D eigenvalue weighted by atomic mass is 16.5. The van der Waals surface area contributed by atoms with Crippen LogP contribution in [-0.4, -0.2) is 21.9 Å². The van der Waals surface area contributed by atoms with E-state index in [9.17, 15) is 5.26 Å². The van der Waals surface area contributed by atoms with Gasteiger partial charge in [0.25, 0.3) is 0 Å². The van der Waals surface area contributed by atoms with Gasteiger partial charge in [-0.2, -0.15) is 5.26 Å². The van der Waals surface area contributed by atoms with Crippen LogP contribution in [-0.2, 0) is 7.05 Å². The molecule has 0 aliphatic rings. The molecule has 0 radical (unpaired) electrons. The second-order valence-electron chi connectivity index (χ2n) is 5.22. The van der Waals surface area contributed by atoms with E-state index in [0.29, 0.717) is 11.4 Å². The van der Waals surface area contributed by atoms with E-state index in [1.807, 2.05) is 66.2 Å². The lowest BCUT2D eigenvalue weighted by molar-refractivity contribution is 0.414. The maximum Gasteiger partial charge on any atom is 0.174 e. The molecule has 5 heteroatoms. The monoisotopic (exact) mass is 316 g/mol. The number of allylic oxidation sites excluding steroid dienone is 1. The fourth-order valence-corrected chi connectivity index (χ4v) is 2.45. The van der Waals surface area contributed by atoms with E-state index in [-0.39, 0.29) is 0 Å². The van der Waals surface area contributed by atoms with Crippen LogP contribution in [0, 0.1) is 11.3 Å². The Morgan fingerprint density at radius 1 is 1.12 bits per heavy atom. The van der Waals surface area contributed by atoms with Crippen LogP contribution in [0.4, 0.5) is 0 Å². The van der Waals surface area contributed by atoms with Crippen molar-refractivity contribution in [3.05, 3.63) is 66.0 Å². The molecule has 0 aliphatic carbocycles. The van der Waals surface area contributed by atoms with Crippen molar-refractivity contribution in [1.82, 2.24) is 14.8 Å². The first-order chi connectivity index (χ1) is 11.7. The average Bonchev–Trinajstić information content (AvgIpc) is 3.02. The standard InChI is InChI=1S/C19H16N4O/c1-23-18(15-8-4-3-5-9-15)21-22-19(23)16(13-20)11-14-7-6-10-17(12-14)24-2/h3-12H,1-2H3/b16-11-. The zero-order valence-corrected chi connectivity index (χ0v) is 13.5. The van der Waals surface area contributed by atoms with Crippen LogP contribution in [0.1, 0.15) is 11.4 Å². The minimum Gasteiger partial charge on any atom is -0.497 e. The third kappa shape index (κ3) is 3.03. The minimum absolute atomic E-state index is 0.445. The molecule has 3 rings (SSSR count). The highest BCUT2D eigenvalue weighted by molar-refractivity contribution is 5.87. The van der Waals surface area contributed by atoms with E-state index in [1.165, 1.54) is 0 Å². The van der Waals surface area contributed by atoms with Crippen molar-refractivity contribution in [3.8, 4) is 23.2 Å². The van der Waals surface area contributed by atoms with Gasteiger partial charge in [-0.3, -0.25) is 0 Å². The van der Waals surface area contributed by atoms with Crippen LogP contribution in [0.2, 0.25) is 0 Å². The summed E-state index contributed by atoms with van der Waals surface area (Å²) in [7, 11) is 3.47. The molecule has 118 valence electrons. The normalized spacial score (nSPS) is 11.1. The van der Waals surface area contributed by atoms with Gasteiger partial charge in [0.05, 0.1) is 12.7 Å². The lowest BCUT2D eigenvalue weighted by atomic mass is 10.1. The fourth-order valence-electron chi connectivity index (χ4n) is 2.45. The van der Waals surface area contributed by atoms with E-state index in [4.69, 9.17) is 4.74 Å². The topological polar surface area (TPSA) is 63.7 Å². The first-order valence-corrected chi connectivity index (χ1v) is 7.44. The lowest BCUT2D eigenvalue weighted by Gasteiger charge is -2.04. The van der Waals surface area contributed by atoms with Crippen molar-refractivity contribution >= 4 is 11.6 Å². The Balaban J connectivity index is 2.02. The average molecular weight is 316 g/mol. The molecule has 0 saturated carbocycles. The Labute approximate surface area is 140 Å². The third-order valence-corrected chi connectivity index (χ3v) is 3.67. The molecule has 0 amide bonds. The number of hydrogen-bond acceptors (Lipinski definition) is 4. The molecule has 1 heterocycles. The molecule has 0 atom stereocenters. The number of benzene rings is 2. The van der Waals surface area contributed by atoms with E-state index >= 15 is 0 Å². The summed E-state index contributed by atoms with van der Waals surface area (Å²) in [6.07, 6.45) is 1.78. The van der Waals surface area contributed by atoms with Crippen molar-refractivity contribution in [3.63, 3.8) is 0 Å². The molecular weight excluding hydrogens is 300 g/mol. The molecule has 2 aromatic carbocycles. The van der Waals surface area contributed by atoms with Crippen molar-refractivity contribution in [2.45, 2.75) is 0 Å². The Bertz CT molecular complexity index is 920. The van der Waals surface area contributed by atoms with E-state index in [1.54, 1.807) is 13.2 Å². The Kier molecular flexibility index (Phi) is 4.39. The largest absolute Gasteiger partial charge is 0.497 e. The molecule has 0 fully saturated rings. The highest BCUT2D eigenvalue weighted by Crippen LogP contribution is 2.23. The van der Waals surface area contributed by atoms with Gasteiger partial charge in [-0.25, -0.2) is 0 Å². The number of nitriles is 1. The number of aromatic nitrogens is 3. The van der Waals surface area contributed by atoms with Crippen molar-refractivity contribution in [1.29, 1.82) is 5.26 Å². The summed E-state index contributed by atoms with van der Waals surface area (Å²) in [6, 6.07) is 19.5. The van der Waals surface area contributed by atoms with E-state index in [2.05, 4.69) is 16.3 Å². The molecule has 0 N–H and O–H groups in total. The number of hydrogen-bond donors (Lipinski definition) is 0.